The monoisotopic (exact) mass is 579 g/mol. The summed E-state index contributed by atoms with van der Waals surface area (Å²) in [5.74, 6) is -0.0714. The quantitative estimate of drug-likeness (QED) is 0.376. The second-order valence-corrected chi connectivity index (χ2v) is 12.4. The third-order valence-electron chi connectivity index (χ3n) is 8.45. The number of aliphatic imine (C=N–C) groups is 1. The minimum atomic E-state index is -0.698. The van der Waals surface area contributed by atoms with Crippen molar-refractivity contribution in [3.05, 3.63) is 75.8 Å². The first kappa shape index (κ1) is 28.9. The van der Waals surface area contributed by atoms with Crippen molar-refractivity contribution in [2.75, 3.05) is 0 Å². The van der Waals surface area contributed by atoms with Crippen LogP contribution >= 0.6 is 11.6 Å². The highest BCUT2D eigenvalue weighted by Gasteiger charge is 2.52. The lowest BCUT2D eigenvalue weighted by Gasteiger charge is -2.47. The summed E-state index contributed by atoms with van der Waals surface area (Å²) in [4.78, 5) is 33.9. The van der Waals surface area contributed by atoms with Crippen LogP contribution in [0.2, 0.25) is 5.02 Å². The predicted octanol–water partition coefficient (Wildman–Crippen LogP) is 5.64. The topological polar surface area (TPSA) is 116 Å². The van der Waals surface area contributed by atoms with Crippen LogP contribution in [0.15, 0.2) is 47.5 Å². The number of nitrogens with zero attached hydrogens (tertiary/aromatic N) is 5. The molecule has 1 aromatic heterocycles. The number of hydrogen-bond donors (Lipinski definition) is 2. The number of nitrogens with one attached hydrogen (secondary N) is 2. The normalized spacial score (nSPS) is 21.7. The van der Waals surface area contributed by atoms with Gasteiger partial charge in [-0.15, -0.1) is 10.2 Å². The Balaban J connectivity index is 1.44. The van der Waals surface area contributed by atoms with Gasteiger partial charge in [0.2, 0.25) is 0 Å². The molecule has 2 amide bonds. The summed E-state index contributed by atoms with van der Waals surface area (Å²) in [6.45, 7) is 8.98. The summed E-state index contributed by atoms with van der Waals surface area (Å²) in [5.41, 5.74) is 1.70. The number of amides is 2. The highest BCUT2D eigenvalue weighted by Crippen LogP contribution is 2.49. The molecule has 2 N–H and O–H groups in total. The molecule has 3 aromatic rings. The van der Waals surface area contributed by atoms with Gasteiger partial charge in [-0.2, -0.15) is 5.21 Å². The molecule has 2 heterocycles. The van der Waals surface area contributed by atoms with Crippen LogP contribution in [0.1, 0.15) is 93.2 Å². The lowest BCUT2D eigenvalue weighted by molar-refractivity contribution is -0.133. The highest BCUT2D eigenvalue weighted by atomic mass is 35.5. The molecule has 0 saturated heterocycles. The largest absolute Gasteiger partial charge is 0.345 e. The SMILES string of the molecule is CC[C@H](c1ccc(C(=O)NCc2nn[nH]n2)cc1)N1C(=O)C(c2ccc(F)c(Cl)c2)=NC12CCC(C(C)(C)C)CC2. The number of H-pyrrole nitrogens is 1. The standard InChI is InChI=1S/C30H35ClFN7O2/c1-5-24(18-6-8-19(9-7-18)27(40)33-17-25-35-37-38-36-25)39-28(41)26(20-10-11-23(32)22(31)16-20)34-30(39)14-12-21(13-15-30)29(2,3)4/h6-11,16,21,24H,5,12-15,17H2,1-4H3,(H,33,40)(H,35,36,37,38)/t21?,24-,30?/m1/s1. The van der Waals surface area contributed by atoms with Gasteiger partial charge in [-0.05, 0) is 79.3 Å². The van der Waals surface area contributed by atoms with Crippen LogP contribution < -0.4 is 5.32 Å². The van der Waals surface area contributed by atoms with Crippen molar-refractivity contribution in [3.63, 3.8) is 0 Å². The molecule has 1 atom stereocenters. The number of benzene rings is 2. The van der Waals surface area contributed by atoms with Crippen molar-refractivity contribution in [2.45, 2.75) is 78.0 Å². The highest BCUT2D eigenvalue weighted by molar-refractivity contribution is 6.47. The number of halogens is 2. The van der Waals surface area contributed by atoms with E-state index in [4.69, 9.17) is 16.6 Å². The van der Waals surface area contributed by atoms with Crippen molar-refractivity contribution in [1.82, 2.24) is 30.8 Å². The number of aromatic nitrogens is 4. The molecule has 2 aromatic carbocycles. The van der Waals surface area contributed by atoms with Gasteiger partial charge in [-0.25, -0.2) is 4.39 Å². The Morgan fingerprint density at radius 3 is 2.49 bits per heavy atom. The third-order valence-corrected chi connectivity index (χ3v) is 8.74. The van der Waals surface area contributed by atoms with Crippen LogP contribution in [0, 0.1) is 17.2 Å². The lowest BCUT2D eigenvalue weighted by atomic mass is 9.69. The maximum Gasteiger partial charge on any atom is 0.275 e. The first-order valence-electron chi connectivity index (χ1n) is 14.0. The summed E-state index contributed by atoms with van der Waals surface area (Å²) >= 11 is 6.10. The number of aromatic amines is 1. The number of hydrogen-bond acceptors (Lipinski definition) is 6. The first-order valence-corrected chi connectivity index (χ1v) is 14.4. The average Bonchev–Trinajstić information content (AvgIpc) is 3.57. The smallest absolute Gasteiger partial charge is 0.275 e. The van der Waals surface area contributed by atoms with Crippen molar-refractivity contribution >= 4 is 29.1 Å². The molecule has 216 valence electrons. The molecule has 0 radical (unpaired) electrons. The van der Waals surface area contributed by atoms with Crippen LogP contribution in [0.3, 0.4) is 0 Å². The van der Waals surface area contributed by atoms with Crippen LogP contribution in [-0.4, -0.2) is 48.7 Å². The van der Waals surface area contributed by atoms with Crippen molar-refractivity contribution in [2.24, 2.45) is 16.3 Å². The van der Waals surface area contributed by atoms with E-state index in [1.807, 2.05) is 24.0 Å². The fourth-order valence-corrected chi connectivity index (χ4v) is 6.30. The van der Waals surface area contributed by atoms with E-state index in [0.29, 0.717) is 35.0 Å². The Kier molecular flexibility index (Phi) is 7.96. The van der Waals surface area contributed by atoms with E-state index in [1.165, 1.54) is 12.1 Å². The van der Waals surface area contributed by atoms with E-state index in [2.05, 4.69) is 46.7 Å². The van der Waals surface area contributed by atoms with Gasteiger partial charge in [0, 0.05) is 11.1 Å². The number of tetrazole rings is 1. The minimum Gasteiger partial charge on any atom is -0.345 e. The Morgan fingerprint density at radius 2 is 1.90 bits per heavy atom. The molecular weight excluding hydrogens is 545 g/mol. The van der Waals surface area contributed by atoms with Crippen molar-refractivity contribution in [1.29, 1.82) is 0 Å². The van der Waals surface area contributed by atoms with Gasteiger partial charge in [0.05, 0.1) is 17.6 Å². The maximum atomic E-state index is 14.2. The van der Waals surface area contributed by atoms with Crippen LogP contribution in [-0.2, 0) is 11.3 Å². The molecule has 9 nitrogen and oxygen atoms in total. The van der Waals surface area contributed by atoms with Crippen LogP contribution in [0.25, 0.3) is 0 Å². The fraction of sp³-hybridized carbons (Fsp3) is 0.467. The Morgan fingerprint density at radius 1 is 1.20 bits per heavy atom. The molecule has 1 saturated carbocycles. The van der Waals surface area contributed by atoms with E-state index in [1.54, 1.807) is 18.2 Å². The van der Waals surface area contributed by atoms with Crippen LogP contribution in [0.4, 0.5) is 4.39 Å². The zero-order valence-corrected chi connectivity index (χ0v) is 24.5. The fourth-order valence-electron chi connectivity index (χ4n) is 6.12. The summed E-state index contributed by atoms with van der Waals surface area (Å²) in [5, 5.41) is 16.3. The zero-order valence-electron chi connectivity index (χ0n) is 23.7. The molecular formula is C30H35ClFN7O2. The number of carbonyl (C=O) groups excluding carboxylic acids is 2. The second-order valence-electron chi connectivity index (χ2n) is 11.9. The zero-order chi connectivity index (χ0) is 29.4. The first-order chi connectivity index (χ1) is 19.5. The summed E-state index contributed by atoms with van der Waals surface area (Å²) in [6.07, 6.45) is 4.04. The second kappa shape index (κ2) is 11.3. The molecule has 1 aliphatic heterocycles. The molecule has 41 heavy (non-hydrogen) atoms. The van der Waals surface area contributed by atoms with E-state index in [0.717, 1.165) is 31.2 Å². The summed E-state index contributed by atoms with van der Waals surface area (Å²) < 4.78 is 14.0. The van der Waals surface area contributed by atoms with Gasteiger partial charge in [0.25, 0.3) is 11.8 Å². The summed E-state index contributed by atoms with van der Waals surface area (Å²) in [6, 6.07) is 11.4. The van der Waals surface area contributed by atoms with E-state index < -0.39 is 11.5 Å². The van der Waals surface area contributed by atoms with Gasteiger partial charge in [0.15, 0.2) is 5.82 Å². The van der Waals surface area contributed by atoms with E-state index in [-0.39, 0.29) is 34.8 Å². The van der Waals surface area contributed by atoms with Crippen molar-refractivity contribution in [3.8, 4) is 0 Å². The van der Waals surface area contributed by atoms with E-state index >= 15 is 0 Å². The molecule has 1 aliphatic carbocycles. The molecule has 0 bridgehead atoms. The third kappa shape index (κ3) is 5.75. The van der Waals surface area contributed by atoms with Gasteiger partial charge < -0.3 is 10.2 Å². The molecule has 0 unspecified atom stereocenters. The number of rotatable bonds is 7. The Hall–Kier alpha value is -3.66. The van der Waals surface area contributed by atoms with Gasteiger partial charge in [0.1, 0.15) is 17.2 Å². The molecule has 5 rings (SSSR count). The molecule has 1 spiro atoms. The molecule has 2 aliphatic rings. The molecule has 11 heteroatoms. The Bertz CT molecular complexity index is 1440. The minimum absolute atomic E-state index is 0.0396. The molecule has 1 fully saturated rings. The summed E-state index contributed by atoms with van der Waals surface area (Å²) in [7, 11) is 0. The maximum absolute atomic E-state index is 14.2. The average molecular weight is 580 g/mol. The van der Waals surface area contributed by atoms with E-state index in [9.17, 15) is 14.0 Å². The lowest BCUT2D eigenvalue weighted by Crippen LogP contribution is -2.51. The van der Waals surface area contributed by atoms with Gasteiger partial charge in [-0.3, -0.25) is 14.6 Å². The van der Waals surface area contributed by atoms with Gasteiger partial charge >= 0.3 is 0 Å². The number of carbonyl (C=O) groups is 2. The van der Waals surface area contributed by atoms with Gasteiger partial charge in [-0.1, -0.05) is 56.6 Å². The van der Waals surface area contributed by atoms with Crippen LogP contribution in [0.5, 0.6) is 0 Å². The predicted molar refractivity (Wildman–Crippen MR) is 154 cm³/mol. The Labute approximate surface area is 244 Å². The van der Waals surface area contributed by atoms with Crippen molar-refractivity contribution < 1.29 is 14.0 Å².